The molecule has 1 amide bonds. The average molecular weight is 545 g/mol. The van der Waals surface area contributed by atoms with Crippen LogP contribution in [-0.2, 0) is 40.3 Å². The molecule has 0 unspecified atom stereocenters. The first kappa shape index (κ1) is 30.1. The lowest BCUT2D eigenvalue weighted by Crippen LogP contribution is -2.42. The first-order valence-electron chi connectivity index (χ1n) is 12.7. The van der Waals surface area contributed by atoms with Gasteiger partial charge < -0.3 is 28.8 Å². The number of hydrogen-bond acceptors (Lipinski definition) is 7. The van der Waals surface area contributed by atoms with Gasteiger partial charge in [-0.1, -0.05) is 36.4 Å². The molecular formula is C27H37BNO8P. The van der Waals surface area contributed by atoms with Crippen LogP contribution in [0.1, 0.15) is 63.0 Å². The molecule has 2 aromatic carbocycles. The molecule has 1 heterocycles. The molecule has 0 radical (unpaired) electrons. The van der Waals surface area contributed by atoms with Crippen LogP contribution in [-0.4, -0.2) is 54.6 Å². The number of carbonyl (C=O) groups is 2. The molecule has 1 atom stereocenters. The monoisotopic (exact) mass is 545 g/mol. The number of carboxylic acid groups (broad SMARTS) is 1. The standard InChI is InChI=1S/C27H37BNO8P/c1-7-34-38(33,35-8-2)18-20-9-13-21(14-10-20)24(30)29-23(25(31)32)17-19-11-15-22(16-12-19)28-36-26(3,4)27(5,6)37-28/h9-16,23H,7-8,17-18H2,1-6H3,(H,29,30)(H,31,32)/t23-/m0/s1. The predicted molar refractivity (Wildman–Crippen MR) is 146 cm³/mol. The highest BCUT2D eigenvalue weighted by atomic mass is 31.2. The number of carbonyl (C=O) groups excluding carboxylic acids is 1. The van der Waals surface area contributed by atoms with E-state index in [1.54, 1.807) is 38.1 Å². The normalized spacial score (nSPS) is 17.3. The second-order valence-electron chi connectivity index (χ2n) is 10.2. The van der Waals surface area contributed by atoms with Crippen molar-refractivity contribution in [3.8, 4) is 0 Å². The Bertz CT molecular complexity index is 1140. The van der Waals surface area contributed by atoms with E-state index in [0.717, 1.165) is 11.0 Å². The predicted octanol–water partition coefficient (Wildman–Crippen LogP) is 4.18. The molecule has 3 rings (SSSR count). The van der Waals surface area contributed by atoms with Crippen molar-refractivity contribution in [1.29, 1.82) is 0 Å². The summed E-state index contributed by atoms with van der Waals surface area (Å²) in [7, 11) is -3.78. The first-order chi connectivity index (χ1) is 17.8. The van der Waals surface area contributed by atoms with Gasteiger partial charge in [-0.2, -0.15) is 0 Å². The molecule has 38 heavy (non-hydrogen) atoms. The molecule has 2 N–H and O–H groups in total. The van der Waals surface area contributed by atoms with Gasteiger partial charge in [0.25, 0.3) is 5.91 Å². The van der Waals surface area contributed by atoms with Crippen LogP contribution in [0.5, 0.6) is 0 Å². The summed E-state index contributed by atoms with van der Waals surface area (Å²) in [5.74, 6) is -1.66. The van der Waals surface area contributed by atoms with E-state index < -0.39 is 43.8 Å². The van der Waals surface area contributed by atoms with Crippen LogP contribution in [0.25, 0.3) is 0 Å². The third-order valence-electron chi connectivity index (χ3n) is 6.79. The van der Waals surface area contributed by atoms with Crippen molar-refractivity contribution in [3.05, 3.63) is 65.2 Å². The van der Waals surface area contributed by atoms with Crippen molar-refractivity contribution < 1.29 is 37.6 Å². The van der Waals surface area contributed by atoms with Gasteiger partial charge in [-0.05, 0) is 70.3 Å². The van der Waals surface area contributed by atoms with Gasteiger partial charge >= 0.3 is 20.7 Å². The number of rotatable bonds is 12. The van der Waals surface area contributed by atoms with E-state index in [9.17, 15) is 19.3 Å². The summed E-state index contributed by atoms with van der Waals surface area (Å²) >= 11 is 0. The van der Waals surface area contributed by atoms with E-state index >= 15 is 0 Å². The smallest absolute Gasteiger partial charge is 0.480 e. The molecule has 11 heteroatoms. The van der Waals surface area contributed by atoms with E-state index in [4.69, 9.17) is 18.4 Å². The van der Waals surface area contributed by atoms with Crippen LogP contribution in [0, 0.1) is 0 Å². The number of carboxylic acids is 1. The molecule has 0 spiro atoms. The Morgan fingerprint density at radius 1 is 0.921 bits per heavy atom. The van der Waals surface area contributed by atoms with Crippen LogP contribution < -0.4 is 10.8 Å². The maximum atomic E-state index is 12.8. The Labute approximate surface area is 224 Å². The Balaban J connectivity index is 1.63. The minimum Gasteiger partial charge on any atom is -0.480 e. The molecule has 0 aromatic heterocycles. The van der Waals surface area contributed by atoms with Crippen LogP contribution in [0.2, 0.25) is 0 Å². The van der Waals surface area contributed by atoms with E-state index in [2.05, 4.69) is 5.32 Å². The number of amides is 1. The second-order valence-corrected chi connectivity index (χ2v) is 12.3. The molecular weight excluding hydrogens is 508 g/mol. The highest BCUT2D eigenvalue weighted by Gasteiger charge is 2.51. The molecule has 206 valence electrons. The van der Waals surface area contributed by atoms with Crippen molar-refractivity contribution in [3.63, 3.8) is 0 Å². The van der Waals surface area contributed by atoms with Crippen LogP contribution in [0.15, 0.2) is 48.5 Å². The highest BCUT2D eigenvalue weighted by Crippen LogP contribution is 2.51. The zero-order chi connectivity index (χ0) is 28.1. The number of benzene rings is 2. The fourth-order valence-corrected chi connectivity index (χ4v) is 5.68. The van der Waals surface area contributed by atoms with E-state index in [1.807, 2.05) is 52.0 Å². The van der Waals surface area contributed by atoms with Gasteiger partial charge in [0.1, 0.15) is 6.04 Å². The zero-order valence-corrected chi connectivity index (χ0v) is 23.7. The molecule has 9 nitrogen and oxygen atoms in total. The van der Waals surface area contributed by atoms with Crippen molar-refractivity contribution in [2.45, 2.75) is 71.4 Å². The topological polar surface area (TPSA) is 120 Å². The largest absolute Gasteiger partial charge is 0.494 e. The van der Waals surface area contributed by atoms with Gasteiger partial charge in [-0.25, -0.2) is 4.79 Å². The molecule has 0 bridgehead atoms. The third-order valence-corrected chi connectivity index (χ3v) is 8.85. The summed E-state index contributed by atoms with van der Waals surface area (Å²) in [6, 6.07) is 12.6. The summed E-state index contributed by atoms with van der Waals surface area (Å²) in [6.07, 6.45) is 0.185. The highest BCUT2D eigenvalue weighted by molar-refractivity contribution is 7.53. The first-order valence-corrected chi connectivity index (χ1v) is 14.5. The minimum absolute atomic E-state index is 0.0796. The minimum atomic E-state index is -3.27. The van der Waals surface area contributed by atoms with Gasteiger partial charge in [0.15, 0.2) is 0 Å². The van der Waals surface area contributed by atoms with Gasteiger partial charge in [-0.3, -0.25) is 9.36 Å². The van der Waals surface area contributed by atoms with Gasteiger partial charge in [0.05, 0.1) is 30.6 Å². The molecule has 1 fully saturated rings. The third kappa shape index (κ3) is 7.33. The zero-order valence-electron chi connectivity index (χ0n) is 22.9. The summed E-state index contributed by atoms with van der Waals surface area (Å²) in [5.41, 5.74) is 1.64. The molecule has 1 aliphatic heterocycles. The van der Waals surface area contributed by atoms with Crippen LogP contribution in [0.3, 0.4) is 0 Å². The van der Waals surface area contributed by atoms with Gasteiger partial charge in [-0.15, -0.1) is 0 Å². The summed E-state index contributed by atoms with van der Waals surface area (Å²) < 4.78 is 35.5. The SMILES string of the molecule is CCOP(=O)(Cc1ccc(C(=O)N[C@@H](Cc2ccc(B3OC(C)(C)C(C)(C)O3)cc2)C(=O)O)cc1)OCC. The second kappa shape index (κ2) is 12.1. The summed E-state index contributed by atoms with van der Waals surface area (Å²) in [5, 5.41) is 12.3. The fraction of sp³-hybridized carbons (Fsp3) is 0.481. The van der Waals surface area contributed by atoms with Crippen LogP contribution >= 0.6 is 7.60 Å². The van der Waals surface area contributed by atoms with Crippen molar-refractivity contribution in [2.75, 3.05) is 13.2 Å². The lowest BCUT2D eigenvalue weighted by molar-refractivity contribution is -0.139. The molecule has 0 aliphatic carbocycles. The van der Waals surface area contributed by atoms with Crippen molar-refractivity contribution in [1.82, 2.24) is 5.32 Å². The van der Waals surface area contributed by atoms with Crippen molar-refractivity contribution in [2.24, 2.45) is 0 Å². The number of aliphatic carboxylic acids is 1. The molecule has 2 aromatic rings. The van der Waals surface area contributed by atoms with Crippen molar-refractivity contribution >= 4 is 32.1 Å². The molecule has 1 saturated heterocycles. The Morgan fingerprint density at radius 2 is 1.42 bits per heavy atom. The quantitative estimate of drug-likeness (QED) is 0.301. The van der Waals surface area contributed by atoms with E-state index in [0.29, 0.717) is 11.1 Å². The Kier molecular flexibility index (Phi) is 9.60. The maximum Gasteiger partial charge on any atom is 0.494 e. The van der Waals surface area contributed by atoms with E-state index in [-0.39, 0.29) is 25.8 Å². The van der Waals surface area contributed by atoms with Gasteiger partial charge in [0, 0.05) is 12.0 Å². The lowest BCUT2D eigenvalue weighted by Gasteiger charge is -2.32. The average Bonchev–Trinajstić information content (AvgIpc) is 3.06. The maximum absolute atomic E-state index is 12.8. The number of hydrogen-bond donors (Lipinski definition) is 2. The summed E-state index contributed by atoms with van der Waals surface area (Å²) in [6.45, 7) is 11.9. The fourth-order valence-electron chi connectivity index (χ4n) is 3.97. The lowest BCUT2D eigenvalue weighted by atomic mass is 9.78. The number of nitrogens with one attached hydrogen (secondary N) is 1. The van der Waals surface area contributed by atoms with Gasteiger partial charge in [0.2, 0.25) is 0 Å². The van der Waals surface area contributed by atoms with E-state index in [1.165, 1.54) is 0 Å². The van der Waals surface area contributed by atoms with Crippen LogP contribution in [0.4, 0.5) is 0 Å². The Morgan fingerprint density at radius 3 is 1.89 bits per heavy atom. The summed E-state index contributed by atoms with van der Waals surface area (Å²) in [4.78, 5) is 24.7. The molecule has 0 saturated carbocycles. The molecule has 1 aliphatic rings. The Hall–Kier alpha value is -2.49.